The lowest BCUT2D eigenvalue weighted by molar-refractivity contribution is -0.158. The molecule has 4 saturated carbocycles. The molecule has 8 heteroatoms. The normalized spacial score (nSPS) is 30.7. The molecular formula is C25H33N5O3. The molecule has 1 amide bonds. The lowest BCUT2D eigenvalue weighted by Crippen LogP contribution is -2.58. The van der Waals surface area contributed by atoms with Crippen molar-refractivity contribution in [3.05, 3.63) is 12.1 Å². The number of hydrogen-bond donors (Lipinski definition) is 1. The van der Waals surface area contributed by atoms with E-state index in [4.69, 9.17) is 20.2 Å². The molecule has 0 atom stereocenters. The number of amides is 1. The number of anilines is 2. The van der Waals surface area contributed by atoms with E-state index >= 15 is 0 Å². The van der Waals surface area contributed by atoms with Gasteiger partial charge in [-0.3, -0.25) is 4.79 Å². The highest BCUT2D eigenvalue weighted by molar-refractivity contribution is 5.91. The van der Waals surface area contributed by atoms with Gasteiger partial charge in [0.05, 0.1) is 25.2 Å². The Kier molecular flexibility index (Phi) is 4.82. The molecule has 7 rings (SSSR count). The van der Waals surface area contributed by atoms with Crippen LogP contribution in [0.3, 0.4) is 0 Å². The van der Waals surface area contributed by atoms with Crippen LogP contribution in [0.2, 0.25) is 0 Å². The topological polar surface area (TPSA) is 93.8 Å². The van der Waals surface area contributed by atoms with Gasteiger partial charge < -0.3 is 25.0 Å². The van der Waals surface area contributed by atoms with E-state index in [1.54, 1.807) is 14.2 Å². The molecule has 33 heavy (non-hydrogen) atoms. The minimum Gasteiger partial charge on any atom is -0.493 e. The van der Waals surface area contributed by atoms with Crippen molar-refractivity contribution in [2.24, 2.45) is 23.2 Å². The van der Waals surface area contributed by atoms with Crippen molar-refractivity contribution in [1.82, 2.24) is 14.9 Å². The predicted molar refractivity (Wildman–Crippen MR) is 126 cm³/mol. The van der Waals surface area contributed by atoms with E-state index in [-0.39, 0.29) is 5.41 Å². The Bertz CT molecular complexity index is 1060. The fourth-order valence-electron chi connectivity index (χ4n) is 7.43. The van der Waals surface area contributed by atoms with E-state index in [2.05, 4.69) is 14.8 Å². The van der Waals surface area contributed by atoms with Crippen LogP contribution < -0.4 is 20.1 Å². The van der Waals surface area contributed by atoms with Crippen LogP contribution in [-0.4, -0.2) is 61.2 Å². The van der Waals surface area contributed by atoms with Gasteiger partial charge in [-0.2, -0.15) is 4.98 Å². The summed E-state index contributed by atoms with van der Waals surface area (Å²) in [6.07, 6.45) is 7.43. The number of nitrogens with zero attached hydrogens (tertiary/aromatic N) is 4. The van der Waals surface area contributed by atoms with Crippen molar-refractivity contribution in [1.29, 1.82) is 0 Å². The second-order valence-electron chi connectivity index (χ2n) is 10.6. The molecule has 5 fully saturated rings. The Balaban J connectivity index is 1.19. The van der Waals surface area contributed by atoms with E-state index < -0.39 is 0 Å². The minimum absolute atomic E-state index is 0.0730. The molecule has 4 aliphatic carbocycles. The van der Waals surface area contributed by atoms with Gasteiger partial charge in [0, 0.05) is 37.6 Å². The van der Waals surface area contributed by atoms with E-state index in [0.717, 1.165) is 61.0 Å². The number of hydrogen-bond acceptors (Lipinski definition) is 7. The monoisotopic (exact) mass is 451 g/mol. The third-order valence-electron chi connectivity index (χ3n) is 8.56. The van der Waals surface area contributed by atoms with Gasteiger partial charge in [0.1, 0.15) is 5.82 Å². The van der Waals surface area contributed by atoms with Crippen molar-refractivity contribution < 1.29 is 14.3 Å². The third-order valence-corrected chi connectivity index (χ3v) is 8.56. The summed E-state index contributed by atoms with van der Waals surface area (Å²) in [4.78, 5) is 27.3. The molecule has 1 saturated heterocycles. The van der Waals surface area contributed by atoms with Crippen LogP contribution in [0.1, 0.15) is 38.5 Å². The molecule has 4 bridgehead atoms. The van der Waals surface area contributed by atoms with Crippen LogP contribution >= 0.6 is 0 Å². The summed E-state index contributed by atoms with van der Waals surface area (Å²) in [5.41, 5.74) is 6.94. The van der Waals surface area contributed by atoms with Gasteiger partial charge in [-0.05, 0) is 62.3 Å². The summed E-state index contributed by atoms with van der Waals surface area (Å²) in [5.74, 6) is 5.00. The molecule has 1 aromatic heterocycles. The molecule has 8 nitrogen and oxygen atoms in total. The molecule has 2 N–H and O–H groups in total. The van der Waals surface area contributed by atoms with Crippen molar-refractivity contribution in [3.8, 4) is 11.5 Å². The average Bonchev–Trinajstić information content (AvgIpc) is 2.82. The molecule has 5 aliphatic rings. The zero-order chi connectivity index (χ0) is 22.7. The Morgan fingerprint density at radius 3 is 2.09 bits per heavy atom. The molecule has 1 aliphatic heterocycles. The average molecular weight is 452 g/mol. The number of carbonyl (C=O) groups is 1. The number of aromatic nitrogens is 2. The molecule has 0 radical (unpaired) electrons. The third kappa shape index (κ3) is 3.37. The van der Waals surface area contributed by atoms with E-state index in [1.165, 1.54) is 19.3 Å². The summed E-state index contributed by atoms with van der Waals surface area (Å²) < 4.78 is 10.8. The summed E-state index contributed by atoms with van der Waals surface area (Å²) in [7, 11) is 3.20. The first-order valence-electron chi connectivity index (χ1n) is 12.2. The Labute approximate surface area is 194 Å². The van der Waals surface area contributed by atoms with Gasteiger partial charge in [0.2, 0.25) is 11.9 Å². The highest BCUT2D eigenvalue weighted by atomic mass is 16.5. The first-order valence-corrected chi connectivity index (χ1v) is 12.2. The van der Waals surface area contributed by atoms with Gasteiger partial charge in [-0.25, -0.2) is 4.98 Å². The molecule has 176 valence electrons. The summed E-state index contributed by atoms with van der Waals surface area (Å²) in [6, 6.07) is 3.65. The van der Waals surface area contributed by atoms with Gasteiger partial charge in [0.25, 0.3) is 0 Å². The predicted octanol–water partition coefficient (Wildman–Crippen LogP) is 3.09. The number of nitrogens with two attached hydrogens (primary N) is 1. The highest BCUT2D eigenvalue weighted by Gasteiger charge is 2.55. The van der Waals surface area contributed by atoms with Gasteiger partial charge in [-0.1, -0.05) is 0 Å². The number of methoxy groups -OCH3 is 2. The van der Waals surface area contributed by atoms with Crippen molar-refractivity contribution in [2.45, 2.75) is 38.5 Å². The SMILES string of the molecule is COc1cc2nc(N3CCN(C(=O)C45CC6CC(CC(C6)C4)C5)CC3)nc(N)c2cc1OC. The maximum absolute atomic E-state index is 13.7. The molecule has 2 heterocycles. The van der Waals surface area contributed by atoms with Crippen molar-refractivity contribution in [3.63, 3.8) is 0 Å². The molecule has 2 aromatic rings. The second kappa shape index (κ2) is 7.64. The smallest absolute Gasteiger partial charge is 0.228 e. The van der Waals surface area contributed by atoms with E-state index in [0.29, 0.717) is 42.3 Å². The zero-order valence-electron chi connectivity index (χ0n) is 19.5. The zero-order valence-corrected chi connectivity index (χ0v) is 19.5. The van der Waals surface area contributed by atoms with Crippen molar-refractivity contribution >= 4 is 28.6 Å². The van der Waals surface area contributed by atoms with Gasteiger partial charge in [0.15, 0.2) is 11.5 Å². The Hall–Kier alpha value is -2.77. The highest BCUT2D eigenvalue weighted by Crippen LogP contribution is 2.60. The number of fused-ring (bicyclic) bond motifs is 1. The maximum Gasteiger partial charge on any atom is 0.228 e. The summed E-state index contributed by atoms with van der Waals surface area (Å²) in [5, 5.41) is 0.743. The van der Waals surface area contributed by atoms with Crippen molar-refractivity contribution in [2.75, 3.05) is 51.0 Å². The molecular weight excluding hydrogens is 418 g/mol. The van der Waals surface area contributed by atoms with Gasteiger partial charge in [-0.15, -0.1) is 0 Å². The number of carbonyl (C=O) groups excluding carboxylic acids is 1. The summed E-state index contributed by atoms with van der Waals surface area (Å²) in [6.45, 7) is 2.87. The number of rotatable bonds is 4. The van der Waals surface area contributed by atoms with Crippen LogP contribution in [0.25, 0.3) is 10.9 Å². The van der Waals surface area contributed by atoms with Crippen LogP contribution in [-0.2, 0) is 4.79 Å². The Morgan fingerprint density at radius 1 is 0.939 bits per heavy atom. The summed E-state index contributed by atoms with van der Waals surface area (Å²) >= 11 is 0. The number of ether oxygens (including phenoxy) is 2. The van der Waals surface area contributed by atoms with Gasteiger partial charge >= 0.3 is 0 Å². The Morgan fingerprint density at radius 2 is 1.52 bits per heavy atom. The minimum atomic E-state index is -0.0730. The van der Waals surface area contributed by atoms with Crippen LogP contribution in [0.5, 0.6) is 11.5 Å². The lowest BCUT2D eigenvalue weighted by Gasteiger charge is -2.57. The van der Waals surface area contributed by atoms with Crippen LogP contribution in [0.15, 0.2) is 12.1 Å². The van der Waals surface area contributed by atoms with E-state index in [1.807, 2.05) is 12.1 Å². The fourth-order valence-corrected chi connectivity index (χ4v) is 7.43. The molecule has 0 unspecified atom stereocenters. The standard InChI is InChI=1S/C25H33N5O3/c1-32-20-10-18-19(11-21(20)33-2)27-24(28-22(18)26)30-5-3-29(4-6-30)23(31)25-12-15-7-16(13-25)9-17(8-15)14-25/h10-11,15-17H,3-9,12-14H2,1-2H3,(H2,26,27,28). The number of nitrogen functional groups attached to an aromatic ring is 1. The second-order valence-corrected chi connectivity index (χ2v) is 10.6. The largest absolute Gasteiger partial charge is 0.493 e. The lowest BCUT2D eigenvalue weighted by atomic mass is 9.49. The van der Waals surface area contributed by atoms with Crippen LogP contribution in [0.4, 0.5) is 11.8 Å². The quantitative estimate of drug-likeness (QED) is 0.763. The van der Waals surface area contributed by atoms with Crippen LogP contribution in [0, 0.1) is 23.2 Å². The number of benzene rings is 1. The first kappa shape index (κ1) is 20.8. The van der Waals surface area contributed by atoms with E-state index in [9.17, 15) is 4.79 Å². The maximum atomic E-state index is 13.7. The fraction of sp³-hybridized carbons (Fsp3) is 0.640. The first-order chi connectivity index (χ1) is 16.0. The molecule has 1 aromatic carbocycles. The molecule has 0 spiro atoms. The number of piperazine rings is 1.